The summed E-state index contributed by atoms with van der Waals surface area (Å²) in [6.07, 6.45) is 2.71. The summed E-state index contributed by atoms with van der Waals surface area (Å²) in [6.45, 7) is 1.84. The number of hydrogen-bond donors (Lipinski definition) is 2. The molecular weight excluding hydrogens is 262 g/mol. The van der Waals surface area contributed by atoms with Gasteiger partial charge in [-0.2, -0.15) is 0 Å². The molecule has 0 amide bonds. The predicted octanol–water partition coefficient (Wildman–Crippen LogP) is -1.28. The molecule has 2 N–H and O–H groups in total. The van der Waals surface area contributed by atoms with E-state index in [1.807, 2.05) is 0 Å². The Bertz CT molecular complexity index is 584. The predicted molar refractivity (Wildman–Crippen MR) is 73.6 cm³/mol. The highest BCUT2D eigenvalue weighted by Crippen LogP contribution is 2.19. The van der Waals surface area contributed by atoms with Crippen molar-refractivity contribution in [2.75, 3.05) is 19.8 Å². The van der Waals surface area contributed by atoms with Crippen LogP contribution in [-0.4, -0.2) is 39.6 Å². The van der Waals surface area contributed by atoms with Crippen molar-refractivity contribution in [3.05, 3.63) is 32.6 Å². The van der Waals surface area contributed by atoms with Crippen molar-refractivity contribution >= 4 is 0 Å². The van der Waals surface area contributed by atoms with E-state index >= 15 is 0 Å². The quantitative estimate of drug-likeness (QED) is 0.718. The largest absolute Gasteiger partial charge is 0.388 e. The van der Waals surface area contributed by atoms with Crippen LogP contribution in [0.3, 0.4) is 0 Å². The number of ether oxygens (including phenoxy) is 1. The lowest BCUT2D eigenvalue weighted by Gasteiger charge is -2.32. The zero-order valence-corrected chi connectivity index (χ0v) is 11.9. The highest BCUT2D eigenvalue weighted by molar-refractivity contribution is 5.05. The van der Waals surface area contributed by atoms with Crippen LogP contribution < -0.4 is 16.6 Å². The van der Waals surface area contributed by atoms with Gasteiger partial charge in [-0.05, 0) is 0 Å². The van der Waals surface area contributed by atoms with Gasteiger partial charge in [0.15, 0.2) is 0 Å². The lowest BCUT2D eigenvalue weighted by Crippen LogP contribution is -2.46. The third kappa shape index (κ3) is 3.17. The van der Waals surface area contributed by atoms with Crippen LogP contribution in [0.2, 0.25) is 0 Å². The van der Waals surface area contributed by atoms with Gasteiger partial charge < -0.3 is 19.7 Å². The van der Waals surface area contributed by atoms with E-state index in [-0.39, 0.29) is 11.2 Å². The van der Waals surface area contributed by atoms with Crippen molar-refractivity contribution < 1.29 is 9.84 Å². The normalized spacial score (nSPS) is 18.1. The molecule has 112 valence electrons. The molecule has 7 heteroatoms. The molecule has 1 saturated heterocycles. The number of nitrogens with one attached hydrogen (secondary N) is 1. The minimum absolute atomic E-state index is 0.306. The number of nitrogens with zero attached hydrogens (tertiary/aromatic N) is 2. The molecule has 1 fully saturated rings. The molecule has 2 rings (SSSR count). The van der Waals surface area contributed by atoms with Gasteiger partial charge in [-0.25, -0.2) is 4.79 Å². The summed E-state index contributed by atoms with van der Waals surface area (Å²) in [5.74, 6) is 0. The van der Waals surface area contributed by atoms with Gasteiger partial charge in [0.05, 0.1) is 5.60 Å². The zero-order chi connectivity index (χ0) is 14.8. The number of rotatable bonds is 4. The van der Waals surface area contributed by atoms with Crippen molar-refractivity contribution in [1.29, 1.82) is 0 Å². The first-order valence-corrected chi connectivity index (χ1v) is 6.69. The van der Waals surface area contributed by atoms with E-state index in [0.717, 1.165) is 4.57 Å². The smallest absolute Gasteiger partial charge is 0.330 e. The van der Waals surface area contributed by atoms with Gasteiger partial charge in [0.2, 0.25) is 0 Å². The summed E-state index contributed by atoms with van der Waals surface area (Å²) < 4.78 is 7.67. The van der Waals surface area contributed by atoms with Gasteiger partial charge in [-0.15, -0.1) is 0 Å². The average Bonchev–Trinajstić information content (AvgIpc) is 2.43. The summed E-state index contributed by atoms with van der Waals surface area (Å²) in [7, 11) is 3.07. The molecule has 0 aromatic carbocycles. The molecule has 0 bridgehead atoms. The zero-order valence-electron chi connectivity index (χ0n) is 11.9. The molecule has 20 heavy (non-hydrogen) atoms. The maximum absolute atomic E-state index is 11.9. The lowest BCUT2D eigenvalue weighted by molar-refractivity contribution is -0.0617. The minimum Gasteiger partial charge on any atom is -0.388 e. The second-order valence-corrected chi connectivity index (χ2v) is 5.35. The second kappa shape index (κ2) is 5.90. The van der Waals surface area contributed by atoms with E-state index in [2.05, 4.69) is 5.32 Å². The summed E-state index contributed by atoms with van der Waals surface area (Å²) >= 11 is 0. The maximum Gasteiger partial charge on any atom is 0.330 e. The first-order valence-electron chi connectivity index (χ1n) is 6.69. The second-order valence-electron chi connectivity index (χ2n) is 5.35. The molecule has 1 aromatic rings. The number of aryl methyl sites for hydroxylation is 1. The van der Waals surface area contributed by atoms with Crippen molar-refractivity contribution in [3.8, 4) is 0 Å². The minimum atomic E-state index is -0.774. The molecule has 1 aliphatic rings. The van der Waals surface area contributed by atoms with Crippen LogP contribution in [0.1, 0.15) is 18.4 Å². The number of aromatic nitrogens is 2. The summed E-state index contributed by atoms with van der Waals surface area (Å²) in [6, 6.07) is 0. The fourth-order valence-electron chi connectivity index (χ4n) is 2.36. The van der Waals surface area contributed by atoms with Crippen LogP contribution in [0.25, 0.3) is 0 Å². The Morgan fingerprint density at radius 3 is 2.65 bits per heavy atom. The molecule has 0 spiro atoms. The van der Waals surface area contributed by atoms with E-state index < -0.39 is 5.60 Å². The van der Waals surface area contributed by atoms with E-state index in [9.17, 15) is 14.7 Å². The number of aliphatic hydroxyl groups is 1. The van der Waals surface area contributed by atoms with E-state index in [1.54, 1.807) is 7.05 Å². The third-order valence-electron chi connectivity index (χ3n) is 3.71. The lowest BCUT2D eigenvalue weighted by atomic mass is 9.94. The van der Waals surface area contributed by atoms with Crippen LogP contribution in [0.15, 0.2) is 15.8 Å². The van der Waals surface area contributed by atoms with Crippen molar-refractivity contribution in [2.45, 2.75) is 25.0 Å². The highest BCUT2D eigenvalue weighted by atomic mass is 16.5. The van der Waals surface area contributed by atoms with Crippen molar-refractivity contribution in [2.24, 2.45) is 14.1 Å². The van der Waals surface area contributed by atoms with Crippen molar-refractivity contribution in [3.63, 3.8) is 0 Å². The van der Waals surface area contributed by atoms with Crippen LogP contribution in [-0.2, 0) is 25.4 Å². The molecule has 1 aliphatic heterocycles. The Morgan fingerprint density at radius 1 is 1.35 bits per heavy atom. The Kier molecular flexibility index (Phi) is 4.42. The van der Waals surface area contributed by atoms with Crippen LogP contribution in [0.5, 0.6) is 0 Å². The van der Waals surface area contributed by atoms with Gasteiger partial charge in [0, 0.05) is 65.0 Å². The first kappa shape index (κ1) is 15.0. The monoisotopic (exact) mass is 283 g/mol. The molecule has 0 radical (unpaired) electrons. The SMILES string of the molecule is Cn1cc(CNCC2(O)CCOCC2)c(=O)n(C)c1=O. The molecule has 2 heterocycles. The Balaban J connectivity index is 2.01. The Morgan fingerprint density at radius 2 is 2.00 bits per heavy atom. The van der Waals surface area contributed by atoms with E-state index in [0.29, 0.717) is 44.7 Å². The van der Waals surface area contributed by atoms with Gasteiger partial charge in [-0.3, -0.25) is 9.36 Å². The van der Waals surface area contributed by atoms with Crippen LogP contribution in [0.4, 0.5) is 0 Å². The van der Waals surface area contributed by atoms with Gasteiger partial charge in [-0.1, -0.05) is 0 Å². The van der Waals surface area contributed by atoms with Gasteiger partial charge in [0.1, 0.15) is 0 Å². The summed E-state index contributed by atoms with van der Waals surface area (Å²) in [5, 5.41) is 13.4. The topological polar surface area (TPSA) is 85.5 Å². The standard InChI is InChI=1S/C13H21N3O4/c1-15-8-10(11(17)16(2)12(15)18)7-14-9-13(19)3-5-20-6-4-13/h8,14,19H,3-7,9H2,1-2H3. The fraction of sp³-hybridized carbons (Fsp3) is 0.692. The molecule has 0 saturated carbocycles. The summed E-state index contributed by atoms with van der Waals surface area (Å²) in [4.78, 5) is 23.5. The first-order chi connectivity index (χ1) is 9.43. The number of hydrogen-bond acceptors (Lipinski definition) is 5. The summed E-state index contributed by atoms with van der Waals surface area (Å²) in [5.41, 5.74) is -0.920. The van der Waals surface area contributed by atoms with Crippen molar-refractivity contribution in [1.82, 2.24) is 14.5 Å². The third-order valence-corrected chi connectivity index (χ3v) is 3.71. The Hall–Kier alpha value is -1.44. The molecule has 0 atom stereocenters. The molecule has 0 aliphatic carbocycles. The molecule has 7 nitrogen and oxygen atoms in total. The van der Waals surface area contributed by atoms with Gasteiger partial charge >= 0.3 is 5.69 Å². The van der Waals surface area contributed by atoms with E-state index in [4.69, 9.17) is 4.74 Å². The molecular formula is C13H21N3O4. The maximum atomic E-state index is 11.9. The van der Waals surface area contributed by atoms with Crippen LogP contribution >= 0.6 is 0 Å². The molecule has 0 unspecified atom stereocenters. The molecule has 1 aromatic heterocycles. The average molecular weight is 283 g/mol. The van der Waals surface area contributed by atoms with E-state index in [1.165, 1.54) is 17.8 Å². The highest BCUT2D eigenvalue weighted by Gasteiger charge is 2.29. The Labute approximate surface area is 116 Å². The fourth-order valence-corrected chi connectivity index (χ4v) is 2.36. The van der Waals surface area contributed by atoms with Gasteiger partial charge in [0.25, 0.3) is 5.56 Å². The van der Waals surface area contributed by atoms with Crippen LogP contribution in [0, 0.1) is 0 Å².